The van der Waals surface area contributed by atoms with Gasteiger partial charge in [-0.3, -0.25) is 4.57 Å². The van der Waals surface area contributed by atoms with Gasteiger partial charge in [0.1, 0.15) is 6.33 Å². The fourth-order valence-corrected chi connectivity index (χ4v) is 2.27. The molecule has 0 aliphatic rings. The van der Waals surface area contributed by atoms with E-state index in [1.807, 2.05) is 0 Å². The van der Waals surface area contributed by atoms with E-state index in [0.717, 1.165) is 17.7 Å². The minimum absolute atomic E-state index is 0.456. The number of halogens is 3. The van der Waals surface area contributed by atoms with Gasteiger partial charge >= 0.3 is 6.18 Å². The van der Waals surface area contributed by atoms with Gasteiger partial charge in [0.15, 0.2) is 0 Å². The SMILES string of the molecule is Cc1ccc(C(F)(F)F)cc1-n1cnc2cc(N)ccc21. The average Bonchev–Trinajstić information content (AvgIpc) is 2.80. The number of aromatic nitrogens is 2. The van der Waals surface area contributed by atoms with Gasteiger partial charge in [0.2, 0.25) is 0 Å². The highest BCUT2D eigenvalue weighted by Gasteiger charge is 2.31. The summed E-state index contributed by atoms with van der Waals surface area (Å²) in [6, 6.07) is 8.81. The maximum atomic E-state index is 12.9. The van der Waals surface area contributed by atoms with Gasteiger partial charge in [-0.2, -0.15) is 13.2 Å². The molecule has 1 aromatic heterocycles. The maximum Gasteiger partial charge on any atom is 0.416 e. The van der Waals surface area contributed by atoms with Crippen molar-refractivity contribution in [1.82, 2.24) is 9.55 Å². The van der Waals surface area contributed by atoms with Crippen LogP contribution >= 0.6 is 0 Å². The first-order valence-corrected chi connectivity index (χ1v) is 6.27. The molecule has 0 radical (unpaired) electrons. The van der Waals surface area contributed by atoms with E-state index in [4.69, 9.17) is 5.73 Å². The van der Waals surface area contributed by atoms with Crippen LogP contribution in [0.5, 0.6) is 0 Å². The molecule has 3 aromatic rings. The van der Waals surface area contributed by atoms with Gasteiger partial charge in [0, 0.05) is 5.69 Å². The summed E-state index contributed by atoms with van der Waals surface area (Å²) < 4.78 is 40.2. The number of imidazole rings is 1. The van der Waals surface area contributed by atoms with Crippen LogP contribution in [-0.4, -0.2) is 9.55 Å². The number of nitrogen functional groups attached to an aromatic ring is 1. The van der Waals surface area contributed by atoms with Crippen LogP contribution in [0.25, 0.3) is 16.7 Å². The first kappa shape index (κ1) is 13.5. The standard InChI is InChI=1S/C15H12F3N3/c1-9-2-3-10(15(16,17)18)6-14(9)21-8-20-12-7-11(19)4-5-13(12)21/h2-8H,19H2,1H3. The van der Waals surface area contributed by atoms with Crippen molar-refractivity contribution < 1.29 is 13.2 Å². The van der Waals surface area contributed by atoms with E-state index in [0.29, 0.717) is 22.4 Å². The predicted molar refractivity (Wildman–Crippen MR) is 75.2 cm³/mol. The maximum absolute atomic E-state index is 12.9. The molecule has 6 heteroatoms. The third-order valence-electron chi connectivity index (χ3n) is 3.37. The Hall–Kier alpha value is -2.50. The zero-order chi connectivity index (χ0) is 15.2. The molecule has 21 heavy (non-hydrogen) atoms. The number of benzene rings is 2. The Morgan fingerprint density at radius 1 is 1.10 bits per heavy atom. The Morgan fingerprint density at radius 3 is 2.57 bits per heavy atom. The monoisotopic (exact) mass is 291 g/mol. The second-order valence-corrected chi connectivity index (χ2v) is 4.86. The zero-order valence-corrected chi connectivity index (χ0v) is 11.1. The second kappa shape index (κ2) is 4.51. The molecule has 0 fully saturated rings. The smallest absolute Gasteiger partial charge is 0.399 e. The van der Waals surface area contributed by atoms with Crippen LogP contribution in [0.1, 0.15) is 11.1 Å². The molecular formula is C15H12F3N3. The number of alkyl halides is 3. The Labute approximate surface area is 118 Å². The summed E-state index contributed by atoms with van der Waals surface area (Å²) in [5.41, 5.74) is 8.12. The van der Waals surface area contributed by atoms with Gasteiger partial charge in [-0.25, -0.2) is 4.98 Å². The summed E-state index contributed by atoms with van der Waals surface area (Å²) in [7, 11) is 0. The quantitative estimate of drug-likeness (QED) is 0.690. The highest BCUT2D eigenvalue weighted by atomic mass is 19.4. The Balaban J connectivity index is 2.23. The van der Waals surface area contributed by atoms with E-state index in [2.05, 4.69) is 4.98 Å². The van der Waals surface area contributed by atoms with Gasteiger partial charge < -0.3 is 5.73 Å². The van der Waals surface area contributed by atoms with Crippen LogP contribution in [0.15, 0.2) is 42.7 Å². The highest BCUT2D eigenvalue weighted by Crippen LogP contribution is 2.32. The summed E-state index contributed by atoms with van der Waals surface area (Å²) in [4.78, 5) is 4.19. The van der Waals surface area contributed by atoms with Crippen molar-refractivity contribution >= 4 is 16.7 Å². The van der Waals surface area contributed by atoms with Crippen molar-refractivity contribution in [2.45, 2.75) is 13.1 Å². The van der Waals surface area contributed by atoms with Crippen LogP contribution in [0.4, 0.5) is 18.9 Å². The third kappa shape index (κ3) is 2.33. The number of anilines is 1. The molecule has 0 spiro atoms. The van der Waals surface area contributed by atoms with Crippen molar-refractivity contribution in [2.24, 2.45) is 0 Å². The lowest BCUT2D eigenvalue weighted by Gasteiger charge is -2.12. The van der Waals surface area contributed by atoms with E-state index >= 15 is 0 Å². The summed E-state index contributed by atoms with van der Waals surface area (Å²) in [6.45, 7) is 1.76. The Kier molecular flexibility index (Phi) is 2.90. The number of hydrogen-bond acceptors (Lipinski definition) is 2. The van der Waals surface area contributed by atoms with E-state index in [9.17, 15) is 13.2 Å². The lowest BCUT2D eigenvalue weighted by molar-refractivity contribution is -0.137. The number of hydrogen-bond donors (Lipinski definition) is 1. The summed E-state index contributed by atoms with van der Waals surface area (Å²) >= 11 is 0. The average molecular weight is 291 g/mol. The Bertz CT molecular complexity index is 819. The molecule has 0 saturated heterocycles. The van der Waals surface area contributed by atoms with E-state index in [-0.39, 0.29) is 0 Å². The highest BCUT2D eigenvalue weighted by molar-refractivity contribution is 5.81. The molecule has 108 valence electrons. The van der Waals surface area contributed by atoms with Gasteiger partial charge in [-0.15, -0.1) is 0 Å². The van der Waals surface area contributed by atoms with Crippen LogP contribution in [-0.2, 0) is 6.18 Å². The molecule has 0 unspecified atom stereocenters. The number of nitrogens with zero attached hydrogens (tertiary/aromatic N) is 2. The topological polar surface area (TPSA) is 43.8 Å². The van der Waals surface area contributed by atoms with Gasteiger partial charge in [-0.05, 0) is 42.8 Å². The fourth-order valence-electron chi connectivity index (χ4n) is 2.27. The molecule has 0 saturated carbocycles. The first-order chi connectivity index (χ1) is 9.86. The fraction of sp³-hybridized carbons (Fsp3) is 0.133. The molecule has 0 aliphatic carbocycles. The normalized spacial score (nSPS) is 12.0. The number of rotatable bonds is 1. The largest absolute Gasteiger partial charge is 0.416 e. The van der Waals surface area contributed by atoms with E-state index < -0.39 is 11.7 Å². The lowest BCUT2D eigenvalue weighted by atomic mass is 10.1. The Morgan fingerprint density at radius 2 is 1.86 bits per heavy atom. The molecule has 3 rings (SSSR count). The molecular weight excluding hydrogens is 279 g/mol. The zero-order valence-electron chi connectivity index (χ0n) is 11.1. The van der Waals surface area contributed by atoms with Crippen LogP contribution < -0.4 is 5.73 Å². The minimum atomic E-state index is -4.37. The van der Waals surface area contributed by atoms with Crippen LogP contribution in [0.2, 0.25) is 0 Å². The predicted octanol–water partition coefficient (Wildman–Crippen LogP) is 3.93. The molecule has 0 aliphatic heterocycles. The van der Waals surface area contributed by atoms with Crippen molar-refractivity contribution in [3.63, 3.8) is 0 Å². The summed E-state index contributed by atoms with van der Waals surface area (Å²) in [5, 5.41) is 0. The summed E-state index contributed by atoms with van der Waals surface area (Å²) in [6.07, 6.45) is -2.87. The lowest BCUT2D eigenvalue weighted by Crippen LogP contribution is -2.07. The van der Waals surface area contributed by atoms with Gasteiger partial charge in [0.05, 0.1) is 22.3 Å². The van der Waals surface area contributed by atoms with Crippen molar-refractivity contribution in [3.05, 3.63) is 53.9 Å². The van der Waals surface area contributed by atoms with Crippen LogP contribution in [0, 0.1) is 6.92 Å². The molecule has 0 atom stereocenters. The van der Waals surface area contributed by atoms with E-state index in [1.165, 1.54) is 12.4 Å². The van der Waals surface area contributed by atoms with E-state index in [1.54, 1.807) is 29.7 Å². The van der Waals surface area contributed by atoms with Crippen molar-refractivity contribution in [1.29, 1.82) is 0 Å². The third-order valence-corrected chi connectivity index (χ3v) is 3.37. The summed E-state index contributed by atoms with van der Waals surface area (Å²) in [5.74, 6) is 0. The molecule has 1 heterocycles. The van der Waals surface area contributed by atoms with Gasteiger partial charge in [0.25, 0.3) is 0 Å². The molecule has 0 bridgehead atoms. The number of aryl methyl sites for hydroxylation is 1. The first-order valence-electron chi connectivity index (χ1n) is 6.27. The minimum Gasteiger partial charge on any atom is -0.399 e. The second-order valence-electron chi connectivity index (χ2n) is 4.86. The number of nitrogens with two attached hydrogens (primary N) is 1. The molecule has 2 aromatic carbocycles. The van der Waals surface area contributed by atoms with Gasteiger partial charge in [-0.1, -0.05) is 6.07 Å². The molecule has 2 N–H and O–H groups in total. The van der Waals surface area contributed by atoms with Crippen LogP contribution in [0.3, 0.4) is 0 Å². The number of fused-ring (bicyclic) bond motifs is 1. The molecule has 3 nitrogen and oxygen atoms in total. The van der Waals surface area contributed by atoms with Crippen molar-refractivity contribution in [3.8, 4) is 5.69 Å². The van der Waals surface area contributed by atoms with Crippen molar-refractivity contribution in [2.75, 3.05) is 5.73 Å². The molecule has 0 amide bonds.